The predicted octanol–water partition coefficient (Wildman–Crippen LogP) is 1.93. The Morgan fingerprint density at radius 2 is 1.70 bits per heavy atom. The summed E-state index contributed by atoms with van der Waals surface area (Å²) in [6, 6.07) is 9.65. The molecular formula is C15H9N3O5. The third-order valence-electron chi connectivity index (χ3n) is 3.31. The van der Waals surface area contributed by atoms with Crippen LogP contribution in [0.4, 0.5) is 5.69 Å². The minimum absolute atomic E-state index is 0.0238. The standard InChI is InChI=1S/C15H9N3O5/c19-13-6-5-10(18(22)23)7-9(13)8-16-17-14(20)11-3-1-2-4-12(11)15(17)21/h1-8,19H. The number of hydrogen-bond donors (Lipinski definition) is 1. The first-order chi connectivity index (χ1) is 11.0. The fourth-order valence-electron chi connectivity index (χ4n) is 2.16. The summed E-state index contributed by atoms with van der Waals surface area (Å²) in [5.41, 5.74) is 0.248. The summed E-state index contributed by atoms with van der Waals surface area (Å²) in [5.74, 6) is -1.44. The van der Waals surface area contributed by atoms with Gasteiger partial charge in [0, 0.05) is 17.7 Å². The van der Waals surface area contributed by atoms with Crippen LogP contribution >= 0.6 is 0 Å². The van der Waals surface area contributed by atoms with Gasteiger partial charge in [-0.2, -0.15) is 10.1 Å². The van der Waals surface area contributed by atoms with E-state index in [0.717, 1.165) is 24.4 Å². The molecule has 1 aliphatic rings. The van der Waals surface area contributed by atoms with Crippen LogP contribution in [0.15, 0.2) is 47.6 Å². The Bertz CT molecular complexity index is 840. The normalized spacial score (nSPS) is 13.7. The second-order valence-electron chi connectivity index (χ2n) is 4.71. The van der Waals surface area contributed by atoms with Gasteiger partial charge in [0.2, 0.25) is 0 Å². The van der Waals surface area contributed by atoms with Crippen molar-refractivity contribution in [3.63, 3.8) is 0 Å². The second kappa shape index (κ2) is 5.34. The van der Waals surface area contributed by atoms with Gasteiger partial charge in [-0.3, -0.25) is 19.7 Å². The Morgan fingerprint density at radius 3 is 2.26 bits per heavy atom. The molecule has 0 spiro atoms. The summed E-state index contributed by atoms with van der Waals surface area (Å²) in [5, 5.41) is 24.8. The number of imide groups is 1. The molecule has 23 heavy (non-hydrogen) atoms. The molecular weight excluding hydrogens is 302 g/mol. The molecule has 0 radical (unpaired) electrons. The smallest absolute Gasteiger partial charge is 0.282 e. The second-order valence-corrected chi connectivity index (χ2v) is 4.71. The number of benzene rings is 2. The summed E-state index contributed by atoms with van der Waals surface area (Å²) in [6.45, 7) is 0. The molecule has 1 N–H and O–H groups in total. The number of carbonyl (C=O) groups excluding carboxylic acids is 2. The van der Waals surface area contributed by atoms with E-state index in [9.17, 15) is 24.8 Å². The van der Waals surface area contributed by atoms with Crippen molar-refractivity contribution in [1.29, 1.82) is 0 Å². The molecule has 3 rings (SSSR count). The van der Waals surface area contributed by atoms with Gasteiger partial charge in [-0.25, -0.2) is 0 Å². The van der Waals surface area contributed by atoms with E-state index in [-0.39, 0.29) is 28.1 Å². The van der Waals surface area contributed by atoms with Crippen molar-refractivity contribution in [2.24, 2.45) is 5.10 Å². The lowest BCUT2D eigenvalue weighted by Crippen LogP contribution is -2.24. The van der Waals surface area contributed by atoms with Crippen molar-refractivity contribution < 1.29 is 19.6 Å². The average molecular weight is 311 g/mol. The van der Waals surface area contributed by atoms with Gasteiger partial charge in [-0.1, -0.05) is 12.1 Å². The molecule has 114 valence electrons. The molecule has 1 aliphatic heterocycles. The van der Waals surface area contributed by atoms with Crippen molar-refractivity contribution in [3.8, 4) is 5.75 Å². The molecule has 0 aliphatic carbocycles. The number of fused-ring (bicyclic) bond motifs is 1. The maximum Gasteiger partial charge on any atom is 0.282 e. The zero-order valence-corrected chi connectivity index (χ0v) is 11.5. The van der Waals surface area contributed by atoms with E-state index in [4.69, 9.17) is 0 Å². The SMILES string of the molecule is O=C1c2ccccc2C(=O)N1N=Cc1cc([N+](=O)[O-])ccc1O. The lowest BCUT2D eigenvalue weighted by atomic mass is 10.1. The molecule has 2 amide bonds. The molecule has 0 fully saturated rings. The van der Waals surface area contributed by atoms with Crippen LogP contribution in [0.1, 0.15) is 26.3 Å². The molecule has 2 aromatic carbocycles. The summed E-state index contributed by atoms with van der Waals surface area (Å²) in [6.07, 6.45) is 1.03. The van der Waals surface area contributed by atoms with E-state index in [1.54, 1.807) is 12.1 Å². The minimum atomic E-state index is -0.626. The van der Waals surface area contributed by atoms with Crippen LogP contribution in [0, 0.1) is 10.1 Å². The number of phenols is 1. The molecule has 2 aromatic rings. The molecule has 1 heterocycles. The maximum absolute atomic E-state index is 12.1. The molecule has 0 atom stereocenters. The summed E-state index contributed by atoms with van der Waals surface area (Å²) < 4.78 is 0. The maximum atomic E-state index is 12.1. The highest BCUT2D eigenvalue weighted by Gasteiger charge is 2.35. The zero-order valence-electron chi connectivity index (χ0n) is 11.5. The molecule has 8 heteroatoms. The van der Waals surface area contributed by atoms with E-state index < -0.39 is 16.7 Å². The predicted molar refractivity (Wildman–Crippen MR) is 79.3 cm³/mol. The Kier molecular flexibility index (Phi) is 3.34. The van der Waals surface area contributed by atoms with Gasteiger partial charge in [0.1, 0.15) is 5.75 Å². The molecule has 0 aromatic heterocycles. The van der Waals surface area contributed by atoms with Gasteiger partial charge in [0.15, 0.2) is 0 Å². The number of hydrazone groups is 1. The highest BCUT2D eigenvalue weighted by molar-refractivity contribution is 6.21. The highest BCUT2D eigenvalue weighted by Crippen LogP contribution is 2.24. The number of hydrogen-bond acceptors (Lipinski definition) is 6. The number of phenolic OH excluding ortho intramolecular Hbond substituents is 1. The molecule has 0 saturated carbocycles. The number of nitro benzene ring substituents is 1. The first-order valence-corrected chi connectivity index (χ1v) is 6.48. The van der Waals surface area contributed by atoms with E-state index >= 15 is 0 Å². The third kappa shape index (κ3) is 2.42. The zero-order chi connectivity index (χ0) is 16.6. The van der Waals surface area contributed by atoms with E-state index in [0.29, 0.717) is 5.01 Å². The van der Waals surface area contributed by atoms with Crippen molar-refractivity contribution >= 4 is 23.7 Å². The largest absolute Gasteiger partial charge is 0.507 e. The van der Waals surface area contributed by atoms with Crippen LogP contribution in [0.5, 0.6) is 5.75 Å². The van der Waals surface area contributed by atoms with Crippen LogP contribution in [0.25, 0.3) is 0 Å². The van der Waals surface area contributed by atoms with Crippen molar-refractivity contribution in [3.05, 3.63) is 69.3 Å². The molecule has 8 nitrogen and oxygen atoms in total. The van der Waals surface area contributed by atoms with Gasteiger partial charge in [-0.05, 0) is 18.2 Å². The Balaban J connectivity index is 1.93. The van der Waals surface area contributed by atoms with Crippen LogP contribution in [-0.4, -0.2) is 33.1 Å². The van der Waals surface area contributed by atoms with Crippen molar-refractivity contribution in [2.45, 2.75) is 0 Å². The summed E-state index contributed by atoms with van der Waals surface area (Å²) in [4.78, 5) is 34.3. The van der Waals surface area contributed by atoms with E-state index in [2.05, 4.69) is 5.10 Å². The lowest BCUT2D eigenvalue weighted by molar-refractivity contribution is -0.384. The van der Waals surface area contributed by atoms with Crippen molar-refractivity contribution in [1.82, 2.24) is 5.01 Å². The van der Waals surface area contributed by atoms with Gasteiger partial charge in [0.05, 0.1) is 22.3 Å². The van der Waals surface area contributed by atoms with Gasteiger partial charge < -0.3 is 5.11 Å². The van der Waals surface area contributed by atoms with Gasteiger partial charge in [0.25, 0.3) is 17.5 Å². The first-order valence-electron chi connectivity index (χ1n) is 6.48. The molecule has 0 unspecified atom stereocenters. The fourth-order valence-corrected chi connectivity index (χ4v) is 2.16. The molecule has 0 saturated heterocycles. The quantitative estimate of drug-likeness (QED) is 0.403. The van der Waals surface area contributed by atoms with Gasteiger partial charge in [-0.15, -0.1) is 0 Å². The van der Waals surface area contributed by atoms with Gasteiger partial charge >= 0.3 is 0 Å². The fraction of sp³-hybridized carbons (Fsp3) is 0. The average Bonchev–Trinajstić information content (AvgIpc) is 2.78. The number of amides is 2. The Morgan fingerprint density at radius 1 is 1.09 bits per heavy atom. The topological polar surface area (TPSA) is 113 Å². The summed E-state index contributed by atoms with van der Waals surface area (Å²) in [7, 11) is 0. The Hall–Kier alpha value is -3.55. The Labute approximate surface area is 129 Å². The number of non-ortho nitro benzene ring substituents is 1. The molecule has 0 bridgehead atoms. The minimum Gasteiger partial charge on any atom is -0.507 e. The van der Waals surface area contributed by atoms with Crippen LogP contribution in [0.2, 0.25) is 0 Å². The summed E-state index contributed by atoms with van der Waals surface area (Å²) >= 11 is 0. The third-order valence-corrected chi connectivity index (χ3v) is 3.31. The van der Waals surface area contributed by atoms with E-state index in [1.165, 1.54) is 12.1 Å². The number of aromatic hydroxyl groups is 1. The monoisotopic (exact) mass is 311 g/mol. The van der Waals surface area contributed by atoms with Crippen LogP contribution < -0.4 is 0 Å². The number of rotatable bonds is 3. The lowest BCUT2D eigenvalue weighted by Gasteiger charge is -2.06. The first kappa shape index (κ1) is 14.4. The number of nitrogens with zero attached hydrogens (tertiary/aromatic N) is 3. The van der Waals surface area contributed by atoms with Crippen molar-refractivity contribution in [2.75, 3.05) is 0 Å². The number of carbonyl (C=O) groups is 2. The number of nitro groups is 1. The van der Waals surface area contributed by atoms with Crippen LogP contribution in [0.3, 0.4) is 0 Å². The highest BCUT2D eigenvalue weighted by atomic mass is 16.6. The van der Waals surface area contributed by atoms with Crippen LogP contribution in [-0.2, 0) is 0 Å². The van der Waals surface area contributed by atoms with E-state index in [1.807, 2.05) is 0 Å².